The molecule has 0 atom stereocenters. The van der Waals surface area contributed by atoms with Gasteiger partial charge >= 0.3 is 12.2 Å². The second-order valence-electron chi connectivity index (χ2n) is 12.2. The number of carbonyl (C=O) groups is 3. The van der Waals surface area contributed by atoms with Crippen LogP contribution >= 0.6 is 0 Å². The van der Waals surface area contributed by atoms with Crippen molar-refractivity contribution in [3.8, 4) is 0 Å². The number of nitrogens with zero attached hydrogens (tertiary/aromatic N) is 3. The molecular weight excluding hydrogens is 516 g/mol. The molecule has 0 radical (unpaired) electrons. The number of nitrogens with one attached hydrogen (secondary N) is 1. The van der Waals surface area contributed by atoms with Crippen molar-refractivity contribution in [3.63, 3.8) is 0 Å². The summed E-state index contributed by atoms with van der Waals surface area (Å²) in [7, 11) is 0. The van der Waals surface area contributed by atoms with Gasteiger partial charge in [0.15, 0.2) is 0 Å². The van der Waals surface area contributed by atoms with Crippen molar-refractivity contribution >= 4 is 23.8 Å². The number of carbonyl (C=O) groups excluding carboxylic acids is 3. The van der Waals surface area contributed by atoms with Gasteiger partial charge in [-0.3, -0.25) is 14.9 Å². The maximum Gasteiger partial charge on any atom is 0.410 e. The molecule has 1 aromatic carbocycles. The summed E-state index contributed by atoms with van der Waals surface area (Å²) in [4.78, 5) is 52.3. The van der Waals surface area contributed by atoms with Crippen LogP contribution in [0.15, 0.2) is 24.3 Å². The van der Waals surface area contributed by atoms with E-state index in [2.05, 4.69) is 5.32 Å². The summed E-state index contributed by atoms with van der Waals surface area (Å²) < 4.78 is 11.3. The summed E-state index contributed by atoms with van der Waals surface area (Å²) in [5.41, 5.74) is -1.22. The minimum atomic E-state index is -0.671. The van der Waals surface area contributed by atoms with Gasteiger partial charge in [0.2, 0.25) is 0 Å². The number of unbranched alkanes of at least 4 members (excludes halogenated alkanes) is 1. The van der Waals surface area contributed by atoms with Crippen molar-refractivity contribution in [2.45, 2.75) is 104 Å². The molecule has 1 aliphatic carbocycles. The topological polar surface area (TPSA) is 131 Å². The van der Waals surface area contributed by atoms with Crippen LogP contribution in [-0.4, -0.2) is 76.2 Å². The molecule has 224 valence electrons. The maximum atomic E-state index is 13.1. The first kappa shape index (κ1) is 32.8. The fourth-order valence-corrected chi connectivity index (χ4v) is 4.48. The van der Waals surface area contributed by atoms with Gasteiger partial charge in [-0.15, -0.1) is 0 Å². The van der Waals surface area contributed by atoms with E-state index in [1.807, 2.05) is 41.5 Å². The molecule has 1 fully saturated rings. The zero-order chi connectivity index (χ0) is 29.9. The largest absolute Gasteiger partial charge is 0.444 e. The number of ether oxygens (including phenoxy) is 2. The Morgan fingerprint density at radius 2 is 1.55 bits per heavy atom. The minimum Gasteiger partial charge on any atom is -0.444 e. The van der Waals surface area contributed by atoms with Crippen LogP contribution in [0.4, 0.5) is 15.3 Å². The van der Waals surface area contributed by atoms with Gasteiger partial charge in [0, 0.05) is 49.9 Å². The van der Waals surface area contributed by atoms with Gasteiger partial charge in [-0.25, -0.2) is 9.59 Å². The number of nitro groups is 1. The summed E-state index contributed by atoms with van der Waals surface area (Å²) in [5.74, 6) is -0.395. The summed E-state index contributed by atoms with van der Waals surface area (Å²) in [5, 5.41) is 13.7. The van der Waals surface area contributed by atoms with Crippen molar-refractivity contribution in [1.82, 2.24) is 15.1 Å². The average Bonchev–Trinajstić information content (AvgIpc) is 2.85. The van der Waals surface area contributed by atoms with Crippen molar-refractivity contribution in [3.05, 3.63) is 39.9 Å². The van der Waals surface area contributed by atoms with E-state index in [4.69, 9.17) is 9.47 Å². The maximum absolute atomic E-state index is 13.1. The first-order valence-electron chi connectivity index (χ1n) is 14.2. The molecule has 1 saturated carbocycles. The Bertz CT molecular complexity index is 1010. The molecule has 0 heterocycles. The van der Waals surface area contributed by atoms with Crippen LogP contribution in [0, 0.1) is 10.1 Å². The molecule has 40 heavy (non-hydrogen) atoms. The Labute approximate surface area is 237 Å². The molecule has 0 aliphatic heterocycles. The first-order chi connectivity index (χ1) is 18.7. The molecule has 0 aromatic heterocycles. The summed E-state index contributed by atoms with van der Waals surface area (Å²) in [6, 6.07) is 5.64. The molecule has 0 saturated heterocycles. The quantitative estimate of drug-likeness (QED) is 0.201. The minimum absolute atomic E-state index is 0.0770. The Hall–Kier alpha value is -3.37. The predicted octanol–water partition coefficient (Wildman–Crippen LogP) is 5.91. The lowest BCUT2D eigenvalue weighted by Gasteiger charge is -2.37. The Kier molecular flexibility index (Phi) is 12.2. The number of hydrogen-bond donors (Lipinski definition) is 1. The van der Waals surface area contributed by atoms with E-state index < -0.39 is 28.1 Å². The van der Waals surface area contributed by atoms with Crippen LogP contribution < -0.4 is 5.32 Å². The van der Waals surface area contributed by atoms with E-state index in [0.717, 1.165) is 32.1 Å². The van der Waals surface area contributed by atoms with Gasteiger partial charge in [0.05, 0.1) is 4.92 Å². The van der Waals surface area contributed by atoms with Crippen LogP contribution in [0.5, 0.6) is 0 Å². The molecule has 3 amide bonds. The molecule has 1 aliphatic rings. The summed E-state index contributed by atoms with van der Waals surface area (Å²) >= 11 is 0. The number of hydrogen-bond acceptors (Lipinski definition) is 7. The van der Waals surface area contributed by atoms with Crippen LogP contribution in [0.2, 0.25) is 0 Å². The predicted molar refractivity (Wildman–Crippen MR) is 152 cm³/mol. The number of benzene rings is 1. The number of rotatable bonds is 11. The van der Waals surface area contributed by atoms with Crippen molar-refractivity contribution in [2.24, 2.45) is 0 Å². The molecule has 0 bridgehead atoms. The van der Waals surface area contributed by atoms with Crippen LogP contribution in [0.3, 0.4) is 0 Å². The van der Waals surface area contributed by atoms with E-state index in [-0.39, 0.29) is 23.4 Å². The third-order valence-corrected chi connectivity index (χ3v) is 6.37. The number of non-ortho nitro benzene ring substituents is 1. The monoisotopic (exact) mass is 562 g/mol. The average molecular weight is 563 g/mol. The molecule has 2 rings (SSSR count). The second-order valence-corrected chi connectivity index (χ2v) is 12.2. The highest BCUT2D eigenvalue weighted by Gasteiger charge is 2.31. The molecule has 11 nitrogen and oxygen atoms in total. The lowest BCUT2D eigenvalue weighted by atomic mass is 9.94. The smallest absolute Gasteiger partial charge is 0.410 e. The summed E-state index contributed by atoms with van der Waals surface area (Å²) in [6.07, 6.45) is 5.44. The lowest BCUT2D eigenvalue weighted by molar-refractivity contribution is -0.384. The van der Waals surface area contributed by atoms with Crippen LogP contribution in [-0.2, 0) is 9.47 Å². The Morgan fingerprint density at radius 1 is 0.925 bits per heavy atom. The van der Waals surface area contributed by atoms with Crippen molar-refractivity contribution < 1.29 is 28.8 Å². The van der Waals surface area contributed by atoms with Gasteiger partial charge in [0.1, 0.15) is 11.2 Å². The SMILES string of the molecule is CC(C)(C)OC(=O)N(CCCCNC(=O)c1cccc([N+](=O)[O-])c1)CCN(C(=O)OC(C)(C)C)C1CCCCC1. The van der Waals surface area contributed by atoms with Gasteiger partial charge in [-0.05, 0) is 73.3 Å². The lowest BCUT2D eigenvalue weighted by Crippen LogP contribution is -2.49. The molecule has 0 spiro atoms. The number of amides is 3. The highest BCUT2D eigenvalue weighted by molar-refractivity contribution is 5.94. The fraction of sp³-hybridized carbons (Fsp3) is 0.690. The standard InChI is InChI=1S/C29H46N4O7/c1-28(2,3)39-26(35)31(18-11-10-17-30-25(34)22-13-12-16-24(21-22)33(37)38)19-20-32(23-14-8-7-9-15-23)27(36)40-29(4,5)6/h12-13,16,21,23H,7-11,14-15,17-20H2,1-6H3,(H,30,34). The van der Waals surface area contributed by atoms with Gasteiger partial charge in [-0.2, -0.15) is 0 Å². The number of nitro benzene ring substituents is 1. The molecule has 1 N–H and O–H groups in total. The second kappa shape index (κ2) is 14.9. The van der Waals surface area contributed by atoms with Crippen molar-refractivity contribution in [1.29, 1.82) is 0 Å². The van der Waals surface area contributed by atoms with Gasteiger partial charge in [-0.1, -0.05) is 25.3 Å². The third-order valence-electron chi connectivity index (χ3n) is 6.37. The van der Waals surface area contributed by atoms with E-state index in [1.165, 1.54) is 24.3 Å². The highest BCUT2D eigenvalue weighted by Crippen LogP contribution is 2.24. The first-order valence-corrected chi connectivity index (χ1v) is 14.2. The van der Waals surface area contributed by atoms with E-state index in [0.29, 0.717) is 39.0 Å². The highest BCUT2D eigenvalue weighted by atomic mass is 16.6. The third kappa shape index (κ3) is 11.8. The van der Waals surface area contributed by atoms with E-state index >= 15 is 0 Å². The fourth-order valence-electron chi connectivity index (χ4n) is 4.48. The van der Waals surface area contributed by atoms with E-state index in [9.17, 15) is 24.5 Å². The summed E-state index contributed by atoms with van der Waals surface area (Å²) in [6.45, 7) is 12.3. The van der Waals surface area contributed by atoms with Crippen LogP contribution in [0.25, 0.3) is 0 Å². The molecule has 1 aromatic rings. The Balaban J connectivity index is 1.98. The molecular formula is C29H46N4O7. The van der Waals surface area contributed by atoms with Gasteiger partial charge in [0.25, 0.3) is 11.6 Å². The zero-order valence-electron chi connectivity index (χ0n) is 24.9. The van der Waals surface area contributed by atoms with Gasteiger partial charge < -0.3 is 24.6 Å². The zero-order valence-corrected chi connectivity index (χ0v) is 24.9. The van der Waals surface area contributed by atoms with Crippen LogP contribution in [0.1, 0.15) is 96.8 Å². The Morgan fingerprint density at radius 3 is 2.15 bits per heavy atom. The van der Waals surface area contributed by atoms with Crippen molar-refractivity contribution in [2.75, 3.05) is 26.2 Å². The normalized spacial score (nSPS) is 14.2. The van der Waals surface area contributed by atoms with E-state index in [1.54, 1.807) is 9.80 Å². The molecule has 11 heteroatoms. The molecule has 0 unspecified atom stereocenters.